The highest BCUT2D eigenvalue weighted by Gasteiger charge is 2.10. The summed E-state index contributed by atoms with van der Waals surface area (Å²) in [5.74, 6) is 2.50. The maximum absolute atomic E-state index is 3.21. The average Bonchev–Trinajstić information content (AvgIpc) is 1.87. The quantitative estimate of drug-likeness (QED) is 0.646. The Morgan fingerprint density at radius 1 is 1.09 bits per heavy atom. The van der Waals surface area contributed by atoms with Gasteiger partial charge in [0.2, 0.25) is 0 Å². The molecule has 0 heterocycles. The first kappa shape index (κ1) is 11.0. The van der Waals surface area contributed by atoms with Crippen LogP contribution in [0.3, 0.4) is 0 Å². The standard InChI is InChI=1S/C10H23N/c1-8(2)10(4)6-9(3)7-11-5/h8-11H,6-7H2,1-5H3. The molecule has 0 aromatic rings. The van der Waals surface area contributed by atoms with E-state index < -0.39 is 0 Å². The Kier molecular flexibility index (Phi) is 5.57. The van der Waals surface area contributed by atoms with Crippen LogP contribution in [0.4, 0.5) is 0 Å². The molecular weight excluding hydrogens is 134 g/mol. The first-order chi connectivity index (χ1) is 5.07. The van der Waals surface area contributed by atoms with Crippen molar-refractivity contribution < 1.29 is 0 Å². The van der Waals surface area contributed by atoms with Crippen molar-refractivity contribution in [1.29, 1.82) is 0 Å². The lowest BCUT2D eigenvalue weighted by molar-refractivity contribution is 0.327. The second-order valence-corrected chi connectivity index (χ2v) is 4.12. The van der Waals surface area contributed by atoms with Gasteiger partial charge in [-0.1, -0.05) is 27.7 Å². The van der Waals surface area contributed by atoms with Gasteiger partial charge in [0.05, 0.1) is 0 Å². The molecule has 1 nitrogen and oxygen atoms in total. The number of nitrogens with one attached hydrogen (secondary N) is 1. The molecule has 0 saturated carbocycles. The Labute approximate surface area is 71.6 Å². The maximum Gasteiger partial charge on any atom is -0.00261 e. The normalized spacial score (nSPS) is 16.9. The SMILES string of the molecule is CNCC(C)CC(C)C(C)C. The van der Waals surface area contributed by atoms with E-state index in [0.29, 0.717) is 0 Å². The summed E-state index contributed by atoms with van der Waals surface area (Å²) in [5.41, 5.74) is 0. The fraction of sp³-hybridized carbons (Fsp3) is 1.00. The summed E-state index contributed by atoms with van der Waals surface area (Å²) in [5, 5.41) is 3.21. The van der Waals surface area contributed by atoms with Gasteiger partial charge in [-0.2, -0.15) is 0 Å². The van der Waals surface area contributed by atoms with Gasteiger partial charge in [-0.15, -0.1) is 0 Å². The average molecular weight is 157 g/mol. The summed E-state index contributed by atoms with van der Waals surface area (Å²) < 4.78 is 0. The van der Waals surface area contributed by atoms with E-state index in [1.807, 2.05) is 7.05 Å². The Morgan fingerprint density at radius 2 is 1.64 bits per heavy atom. The largest absolute Gasteiger partial charge is 0.319 e. The first-order valence-electron chi connectivity index (χ1n) is 4.72. The molecule has 0 aliphatic heterocycles. The Morgan fingerprint density at radius 3 is 2.00 bits per heavy atom. The molecule has 0 rings (SSSR count). The lowest BCUT2D eigenvalue weighted by atomic mass is 9.89. The molecule has 11 heavy (non-hydrogen) atoms. The Balaban J connectivity index is 3.48. The van der Waals surface area contributed by atoms with Crippen LogP contribution in [0.1, 0.15) is 34.1 Å². The molecule has 0 amide bonds. The minimum Gasteiger partial charge on any atom is -0.319 e. The highest BCUT2D eigenvalue weighted by molar-refractivity contribution is 4.63. The molecule has 2 atom stereocenters. The van der Waals surface area contributed by atoms with Gasteiger partial charge in [-0.25, -0.2) is 0 Å². The van der Waals surface area contributed by atoms with Crippen molar-refractivity contribution in [3.8, 4) is 0 Å². The van der Waals surface area contributed by atoms with Crippen LogP contribution in [-0.4, -0.2) is 13.6 Å². The van der Waals surface area contributed by atoms with Crippen molar-refractivity contribution in [3.63, 3.8) is 0 Å². The van der Waals surface area contributed by atoms with E-state index in [9.17, 15) is 0 Å². The number of hydrogen-bond acceptors (Lipinski definition) is 1. The molecule has 0 aliphatic carbocycles. The maximum atomic E-state index is 3.21. The van der Waals surface area contributed by atoms with Crippen LogP contribution in [0, 0.1) is 17.8 Å². The fourth-order valence-corrected chi connectivity index (χ4v) is 1.34. The molecule has 0 aromatic heterocycles. The third kappa shape index (κ3) is 5.25. The van der Waals surface area contributed by atoms with Gasteiger partial charge in [0, 0.05) is 0 Å². The predicted molar refractivity (Wildman–Crippen MR) is 51.7 cm³/mol. The lowest BCUT2D eigenvalue weighted by Gasteiger charge is -2.19. The van der Waals surface area contributed by atoms with Crippen molar-refractivity contribution in [2.45, 2.75) is 34.1 Å². The molecule has 0 spiro atoms. The Hall–Kier alpha value is -0.0400. The minimum absolute atomic E-state index is 0.817. The summed E-state index contributed by atoms with van der Waals surface area (Å²) in [6, 6.07) is 0. The summed E-state index contributed by atoms with van der Waals surface area (Å²) in [7, 11) is 2.02. The smallest absolute Gasteiger partial charge is 0.00261 e. The Bertz CT molecular complexity index is 88.9. The van der Waals surface area contributed by atoms with Crippen LogP contribution in [0.15, 0.2) is 0 Å². The molecule has 0 aliphatic rings. The number of hydrogen-bond donors (Lipinski definition) is 1. The highest BCUT2D eigenvalue weighted by atomic mass is 14.8. The lowest BCUT2D eigenvalue weighted by Crippen LogP contribution is -2.19. The molecule has 1 heteroatoms. The van der Waals surface area contributed by atoms with Gasteiger partial charge >= 0.3 is 0 Å². The van der Waals surface area contributed by atoms with Crippen molar-refractivity contribution in [1.82, 2.24) is 5.32 Å². The molecule has 0 bridgehead atoms. The van der Waals surface area contributed by atoms with Crippen molar-refractivity contribution in [3.05, 3.63) is 0 Å². The molecule has 0 fully saturated rings. The van der Waals surface area contributed by atoms with E-state index in [2.05, 4.69) is 33.0 Å². The molecule has 0 radical (unpaired) electrons. The van der Waals surface area contributed by atoms with Crippen LogP contribution in [0.5, 0.6) is 0 Å². The van der Waals surface area contributed by atoms with E-state index in [-0.39, 0.29) is 0 Å². The van der Waals surface area contributed by atoms with E-state index in [1.54, 1.807) is 0 Å². The second kappa shape index (κ2) is 5.59. The van der Waals surface area contributed by atoms with Crippen LogP contribution in [0.2, 0.25) is 0 Å². The van der Waals surface area contributed by atoms with E-state index in [0.717, 1.165) is 24.3 Å². The molecule has 2 unspecified atom stereocenters. The zero-order valence-corrected chi connectivity index (χ0v) is 8.65. The van der Waals surface area contributed by atoms with Crippen molar-refractivity contribution >= 4 is 0 Å². The van der Waals surface area contributed by atoms with Gasteiger partial charge in [-0.05, 0) is 37.8 Å². The highest BCUT2D eigenvalue weighted by Crippen LogP contribution is 2.18. The van der Waals surface area contributed by atoms with Crippen LogP contribution in [0.25, 0.3) is 0 Å². The van der Waals surface area contributed by atoms with E-state index in [1.165, 1.54) is 6.42 Å². The predicted octanol–water partition coefficient (Wildman–Crippen LogP) is 2.52. The summed E-state index contributed by atoms with van der Waals surface area (Å²) in [6.07, 6.45) is 1.35. The minimum atomic E-state index is 0.817. The van der Waals surface area contributed by atoms with Crippen molar-refractivity contribution in [2.75, 3.05) is 13.6 Å². The zero-order chi connectivity index (χ0) is 8.85. The first-order valence-corrected chi connectivity index (χ1v) is 4.72. The van der Waals surface area contributed by atoms with Crippen LogP contribution < -0.4 is 5.32 Å². The van der Waals surface area contributed by atoms with E-state index >= 15 is 0 Å². The van der Waals surface area contributed by atoms with Gasteiger partial charge in [0.1, 0.15) is 0 Å². The molecule has 0 saturated heterocycles. The molecule has 0 aromatic carbocycles. The third-order valence-corrected chi connectivity index (χ3v) is 2.46. The topological polar surface area (TPSA) is 12.0 Å². The van der Waals surface area contributed by atoms with Crippen LogP contribution >= 0.6 is 0 Å². The number of rotatable bonds is 5. The van der Waals surface area contributed by atoms with Crippen LogP contribution in [-0.2, 0) is 0 Å². The molecule has 68 valence electrons. The summed E-state index contributed by atoms with van der Waals surface area (Å²) in [6.45, 7) is 10.4. The van der Waals surface area contributed by atoms with E-state index in [4.69, 9.17) is 0 Å². The zero-order valence-electron chi connectivity index (χ0n) is 8.65. The third-order valence-electron chi connectivity index (χ3n) is 2.46. The second-order valence-electron chi connectivity index (χ2n) is 4.12. The van der Waals surface area contributed by atoms with Gasteiger partial charge < -0.3 is 5.32 Å². The van der Waals surface area contributed by atoms with Gasteiger partial charge in [0.25, 0.3) is 0 Å². The van der Waals surface area contributed by atoms with Gasteiger partial charge in [-0.3, -0.25) is 0 Å². The fourth-order valence-electron chi connectivity index (χ4n) is 1.34. The molecule has 1 N–H and O–H groups in total. The van der Waals surface area contributed by atoms with Gasteiger partial charge in [0.15, 0.2) is 0 Å². The summed E-state index contributed by atoms with van der Waals surface area (Å²) in [4.78, 5) is 0. The molecular formula is C10H23N. The summed E-state index contributed by atoms with van der Waals surface area (Å²) >= 11 is 0. The van der Waals surface area contributed by atoms with Crippen molar-refractivity contribution in [2.24, 2.45) is 17.8 Å². The monoisotopic (exact) mass is 157 g/mol.